The van der Waals surface area contributed by atoms with Crippen molar-refractivity contribution in [2.45, 2.75) is 133 Å². The number of aromatic nitrogens is 4. The molecule has 58 heteroatoms. The zero-order chi connectivity index (χ0) is 108. The van der Waals surface area contributed by atoms with Crippen LogP contribution in [0.2, 0.25) is 0 Å². The average molecular weight is 2180 g/mol. The Morgan fingerprint density at radius 2 is 0.692 bits per heavy atom. The molecule has 2 N–H and O–H groups in total. The first-order valence-corrected chi connectivity index (χ1v) is 44.9. The number of unbranched alkanes of at least 4 members (excludes halogenated alkanes) is 2. The molecule has 8 aromatic carbocycles. The van der Waals surface area contributed by atoms with E-state index in [4.69, 9.17) is 28.9 Å². The lowest BCUT2D eigenvalue weighted by atomic mass is 9.50. The first-order chi connectivity index (χ1) is 67.7. The van der Waals surface area contributed by atoms with Crippen LogP contribution in [0.15, 0.2) is 206 Å². The summed E-state index contributed by atoms with van der Waals surface area (Å²) in [6.07, 6.45) is -53.6. The molecule has 0 bridgehead atoms. The largest absolute Gasteiger partial charge is 0.497 e. The van der Waals surface area contributed by atoms with Crippen LogP contribution in [0.25, 0.3) is 64.9 Å². The molecule has 778 valence electrons. The molecule has 0 fully saturated rings. The van der Waals surface area contributed by atoms with Gasteiger partial charge >= 0.3 is 118 Å². The number of thiazole rings is 2. The number of alkyl halides is 34. The van der Waals surface area contributed by atoms with Gasteiger partial charge in [0.2, 0.25) is 11.8 Å². The molecule has 12 aromatic rings. The molecule has 0 atom stereocenters. The van der Waals surface area contributed by atoms with Crippen molar-refractivity contribution in [3.63, 3.8) is 0 Å². The molecule has 0 radical (unpaired) electrons. The number of ether oxygens (including phenoxy) is 6. The topological polar surface area (TPSA) is 231 Å². The maximum atomic E-state index is 15.1. The van der Waals surface area contributed by atoms with Gasteiger partial charge in [0.25, 0.3) is 0 Å². The number of sulfonamides is 1. The molecule has 0 aliphatic rings. The summed E-state index contributed by atoms with van der Waals surface area (Å²) in [5, 5.41) is 10.7. The van der Waals surface area contributed by atoms with E-state index in [0.29, 0.717) is 53.8 Å². The highest BCUT2D eigenvalue weighted by Crippen LogP contribution is 2.63. The second kappa shape index (κ2) is 40.8. The second-order valence-corrected chi connectivity index (χ2v) is 35.9. The van der Waals surface area contributed by atoms with Crippen LogP contribution in [-0.4, -0.2) is 175 Å². The molecule has 0 spiro atoms. The number of fused-ring (bicyclic) bond motifs is 3. The Bertz CT molecular complexity index is 6960. The minimum atomic E-state index is -8.62. The van der Waals surface area contributed by atoms with Gasteiger partial charge in [-0.2, -0.15) is 168 Å². The van der Waals surface area contributed by atoms with Gasteiger partial charge in [0.15, 0.2) is 0 Å². The van der Waals surface area contributed by atoms with Gasteiger partial charge in [-0.1, -0.05) is 143 Å². The lowest BCUT2D eigenvalue weighted by Crippen LogP contribution is -2.69. The number of hydrogen-bond donors (Lipinski definition) is 2. The Morgan fingerprint density at radius 1 is 0.390 bits per heavy atom. The number of carbonyl (C=O) groups is 2. The number of nitrogens with zero attached hydrogens (tertiary/aromatic N) is 6. The summed E-state index contributed by atoms with van der Waals surface area (Å²) in [5.41, 5.74) is 2.85. The average Bonchev–Trinajstić information content (AvgIpc) is 1.52. The molecular formula is C88H58B2F34N8O10S4. The first-order valence-electron chi connectivity index (χ1n) is 41.0. The van der Waals surface area contributed by atoms with Crippen LogP contribution in [0.5, 0.6) is 23.0 Å². The standard InChI is InChI=1S/C88H58B2F34N8O10S4/c1-137-55-37-39-61-59(43-55)127-71(143-61)57(45-125)69-65-66(68(132(69)90(51-23-11-5-12-24-51)52-25-13-6-14-26-52)48-31-35-54(36-32-48)140-42-18-16-28-64(134)130-146(135,136)88(123,124)80(105,106)78(101,102)86(119,120)142-84(115,116)76(97,98)74(93,94)82(110,111)112)70(58(46-126)72-128-60-44-56(138-2)38-40-62(60)144-72)131(89(49-19-7-3-8-20-49)50-21-9-4-10-22-50)67(65)47-29-33-53(34-30-47)139-41-17-15-27-63(133)129-145-87(121,122)79(103,104)77(99,100)85(117,118)141-83(113,114)75(95,96)73(91,92)81(107,108)109/h3-14,19-26,29-40,43-44H,15-18,27-28,41-42H2,1-2H3,(H,129,133)(H,130,134)/b69-57+,70-58+. The van der Waals surface area contributed by atoms with Crippen molar-refractivity contribution in [1.29, 1.82) is 10.5 Å². The molecule has 0 saturated heterocycles. The maximum Gasteiger partial charge on any atom is 0.460 e. The lowest BCUT2D eigenvalue weighted by molar-refractivity contribution is -0.517. The van der Waals surface area contributed by atoms with Crippen molar-refractivity contribution in [3.05, 3.63) is 227 Å². The number of benzene rings is 8. The SMILES string of the molecule is COc1ccc2sc(/C(C#N)=c3\c4c(-c5ccc(OCCCCC(=O)NS(=O)(=O)C(F)(F)C(F)(F)C(F)(F)C(F)(F)OC(F)(F)C(F)(F)C(F)(F)C(F)(F)F)cc5)n(B(c5ccccc5)c5ccccc5)/c(=C(\C#N)c5nc6cc(OC)ccc6s5)c4c(-c4ccc(OCCCCC(=O)NSC(F)(F)C(F)(F)C(F)(F)C(F)(F)OC(F)(F)C(F)(F)C(F)(F)C(F)(F)F)cc4)n3B(c3ccccc3)c3ccccc3)nc2c1. The Morgan fingerprint density at radius 3 is 1.00 bits per heavy atom. The predicted octanol–water partition coefficient (Wildman–Crippen LogP) is 20.9. The number of halogens is 34. The number of methoxy groups -OCH3 is 2. The number of carbonyl (C=O) groups excluding carboxylic acids is 2. The summed E-state index contributed by atoms with van der Waals surface area (Å²) in [5.74, 6) is -70.0. The van der Waals surface area contributed by atoms with Crippen LogP contribution in [0, 0.1) is 22.7 Å². The number of amides is 2. The van der Waals surface area contributed by atoms with Crippen molar-refractivity contribution in [2.75, 3.05) is 27.4 Å². The predicted molar refractivity (Wildman–Crippen MR) is 460 cm³/mol. The number of nitrogens with one attached hydrogen (secondary N) is 2. The molecule has 0 aliphatic carbocycles. The van der Waals surface area contributed by atoms with E-state index in [2.05, 4.69) is 12.1 Å². The summed E-state index contributed by atoms with van der Waals surface area (Å²) in [6.45, 7) is -3.40. The van der Waals surface area contributed by atoms with E-state index in [9.17, 15) is 169 Å². The van der Waals surface area contributed by atoms with E-state index in [1.54, 1.807) is 158 Å². The Labute approximate surface area is 810 Å². The third-order valence-electron chi connectivity index (χ3n) is 21.7. The Kier molecular flexibility index (Phi) is 31.3. The van der Waals surface area contributed by atoms with E-state index in [1.165, 1.54) is 72.2 Å². The third-order valence-corrected chi connectivity index (χ3v) is 26.1. The summed E-state index contributed by atoms with van der Waals surface area (Å²) in [7, 11) is -5.16. The molecular weight excluding hydrogens is 2120 g/mol. The van der Waals surface area contributed by atoms with Crippen LogP contribution in [0.3, 0.4) is 0 Å². The third kappa shape index (κ3) is 20.5. The zero-order valence-corrected chi connectivity index (χ0v) is 76.0. The van der Waals surface area contributed by atoms with Gasteiger partial charge in [0.05, 0.1) is 58.6 Å². The molecule has 0 saturated carbocycles. The highest BCUT2D eigenvalue weighted by molar-refractivity contribution is 7.99. The summed E-state index contributed by atoms with van der Waals surface area (Å²) < 4.78 is 532. The van der Waals surface area contributed by atoms with E-state index < -0.39 is 187 Å². The Balaban J connectivity index is 0.972. The highest BCUT2D eigenvalue weighted by Gasteiger charge is 2.91. The van der Waals surface area contributed by atoms with Crippen molar-refractivity contribution < 1.29 is 196 Å². The van der Waals surface area contributed by atoms with Crippen molar-refractivity contribution in [2.24, 2.45) is 0 Å². The Hall–Kier alpha value is -12.8. The molecule has 2 amide bonds. The monoisotopic (exact) mass is 2180 g/mol. The zero-order valence-electron chi connectivity index (χ0n) is 72.7. The molecule has 146 heavy (non-hydrogen) atoms. The fourth-order valence-corrected chi connectivity index (χ4v) is 17.9. The second-order valence-electron chi connectivity index (χ2n) is 31.2. The molecule has 18 nitrogen and oxygen atoms in total. The maximum absolute atomic E-state index is 15.1. The van der Waals surface area contributed by atoms with E-state index in [1.807, 2.05) is 8.96 Å². The van der Waals surface area contributed by atoms with Crippen molar-refractivity contribution in [1.82, 2.24) is 28.4 Å². The minimum Gasteiger partial charge on any atom is -0.497 e. The fourth-order valence-electron chi connectivity index (χ4n) is 14.5. The number of rotatable bonds is 42. The molecule has 12 rings (SSSR count). The van der Waals surface area contributed by atoms with Crippen LogP contribution >= 0.6 is 34.6 Å². The normalized spacial score (nSPS) is 14.0. The highest BCUT2D eigenvalue weighted by atomic mass is 32.2. The lowest BCUT2D eigenvalue weighted by Gasteiger charge is -2.39. The minimum absolute atomic E-state index is 0.0331. The summed E-state index contributed by atoms with van der Waals surface area (Å²) in [4.78, 5) is 35.8. The first kappa shape index (κ1) is 112. The number of nitriles is 2. The van der Waals surface area contributed by atoms with E-state index in [-0.39, 0.29) is 87.8 Å². The number of hydrogen-bond acceptors (Lipinski definition) is 17. The van der Waals surface area contributed by atoms with Gasteiger partial charge in [-0.15, -0.1) is 22.7 Å². The van der Waals surface area contributed by atoms with Crippen LogP contribution in [-0.2, 0) is 29.1 Å². The van der Waals surface area contributed by atoms with E-state index in [0.717, 1.165) is 27.4 Å². The van der Waals surface area contributed by atoms with E-state index >= 15 is 8.78 Å². The molecule has 0 unspecified atom stereocenters. The van der Waals surface area contributed by atoms with Gasteiger partial charge in [-0.3, -0.25) is 14.3 Å². The van der Waals surface area contributed by atoms with Crippen molar-refractivity contribution in [3.8, 4) is 57.7 Å². The van der Waals surface area contributed by atoms with Gasteiger partial charge in [-0.25, -0.2) is 24.2 Å². The summed E-state index contributed by atoms with van der Waals surface area (Å²) >= 11 is -0.0245. The van der Waals surface area contributed by atoms with Gasteiger partial charge < -0.3 is 27.9 Å². The van der Waals surface area contributed by atoms with Crippen LogP contribution in [0.4, 0.5) is 149 Å². The fraction of sp³-hybridized carbons (Fsp3) is 0.295. The van der Waals surface area contributed by atoms with Crippen molar-refractivity contribution >= 4 is 134 Å². The van der Waals surface area contributed by atoms with Gasteiger partial charge in [0.1, 0.15) is 56.3 Å². The van der Waals surface area contributed by atoms with Crippen LogP contribution in [0.1, 0.15) is 48.5 Å². The quantitative estimate of drug-likeness (QED) is 0.0157. The van der Waals surface area contributed by atoms with Gasteiger partial charge in [-0.05, 0) is 110 Å². The molecule has 4 heterocycles. The molecule has 0 aliphatic heterocycles. The smallest absolute Gasteiger partial charge is 0.460 e. The summed E-state index contributed by atoms with van der Waals surface area (Å²) in [6, 6.07) is 60.4. The van der Waals surface area contributed by atoms with Gasteiger partial charge in [0, 0.05) is 59.1 Å². The van der Waals surface area contributed by atoms with Crippen LogP contribution < -0.4 is 60.9 Å². The molecule has 4 aromatic heterocycles.